The SMILES string of the molecule is CC1(C)c2ccccc2-c2ccc3c(c21)Cc1cc(Cl)ccc1-3. The summed E-state index contributed by atoms with van der Waals surface area (Å²) >= 11 is 6.21. The van der Waals surface area contributed by atoms with Crippen molar-refractivity contribution in [2.24, 2.45) is 0 Å². The van der Waals surface area contributed by atoms with Crippen LogP contribution in [-0.2, 0) is 11.8 Å². The van der Waals surface area contributed by atoms with Crippen molar-refractivity contribution < 1.29 is 0 Å². The van der Waals surface area contributed by atoms with Crippen LogP contribution >= 0.6 is 11.6 Å². The van der Waals surface area contributed by atoms with Crippen LogP contribution < -0.4 is 0 Å². The van der Waals surface area contributed by atoms with E-state index in [9.17, 15) is 0 Å². The molecule has 0 nitrogen and oxygen atoms in total. The fraction of sp³-hybridized carbons (Fsp3) is 0.182. The van der Waals surface area contributed by atoms with E-state index in [1.807, 2.05) is 6.07 Å². The van der Waals surface area contributed by atoms with Crippen LogP contribution in [-0.4, -0.2) is 0 Å². The van der Waals surface area contributed by atoms with Gasteiger partial charge in [0.05, 0.1) is 0 Å². The molecule has 0 unspecified atom stereocenters. The number of fused-ring (bicyclic) bond motifs is 7. The number of hydrogen-bond donors (Lipinski definition) is 0. The lowest BCUT2D eigenvalue weighted by molar-refractivity contribution is 0.654. The van der Waals surface area contributed by atoms with Gasteiger partial charge in [-0.3, -0.25) is 0 Å². The summed E-state index contributed by atoms with van der Waals surface area (Å²) in [6, 6.07) is 19.7. The smallest absolute Gasteiger partial charge is 0.0409 e. The number of benzene rings is 3. The minimum atomic E-state index is 0.0586. The molecule has 1 heteroatoms. The van der Waals surface area contributed by atoms with Gasteiger partial charge in [0.1, 0.15) is 0 Å². The molecule has 0 amide bonds. The first-order chi connectivity index (χ1) is 11.1. The summed E-state index contributed by atoms with van der Waals surface area (Å²) in [5.74, 6) is 0. The maximum absolute atomic E-state index is 6.21. The Morgan fingerprint density at radius 1 is 0.826 bits per heavy atom. The van der Waals surface area contributed by atoms with Gasteiger partial charge in [0.2, 0.25) is 0 Å². The Morgan fingerprint density at radius 3 is 2.43 bits per heavy atom. The van der Waals surface area contributed by atoms with Gasteiger partial charge in [0, 0.05) is 10.4 Å². The molecule has 0 heterocycles. The van der Waals surface area contributed by atoms with E-state index in [1.54, 1.807) is 0 Å². The molecule has 0 radical (unpaired) electrons. The molecule has 0 aromatic heterocycles. The molecule has 23 heavy (non-hydrogen) atoms. The molecular weight excluding hydrogens is 300 g/mol. The first-order valence-corrected chi connectivity index (χ1v) is 8.50. The van der Waals surface area contributed by atoms with Crippen molar-refractivity contribution >= 4 is 11.6 Å². The Morgan fingerprint density at radius 2 is 1.57 bits per heavy atom. The quantitative estimate of drug-likeness (QED) is 0.361. The van der Waals surface area contributed by atoms with E-state index >= 15 is 0 Å². The molecule has 3 aromatic carbocycles. The highest BCUT2D eigenvalue weighted by atomic mass is 35.5. The molecule has 5 rings (SSSR count). The Balaban J connectivity index is 1.82. The molecule has 2 aliphatic carbocycles. The van der Waals surface area contributed by atoms with Crippen LogP contribution in [0, 0.1) is 0 Å². The number of halogens is 1. The van der Waals surface area contributed by atoms with Gasteiger partial charge in [-0.15, -0.1) is 0 Å². The van der Waals surface area contributed by atoms with Crippen LogP contribution in [0.25, 0.3) is 22.3 Å². The largest absolute Gasteiger partial charge is 0.0843 e. The minimum absolute atomic E-state index is 0.0586. The van der Waals surface area contributed by atoms with Crippen molar-refractivity contribution in [1.29, 1.82) is 0 Å². The molecule has 2 aliphatic rings. The first kappa shape index (κ1) is 13.4. The van der Waals surface area contributed by atoms with Crippen LogP contribution in [0.3, 0.4) is 0 Å². The van der Waals surface area contributed by atoms with E-state index in [0.717, 1.165) is 11.4 Å². The van der Waals surface area contributed by atoms with Crippen molar-refractivity contribution in [3.05, 3.63) is 81.9 Å². The molecule has 0 N–H and O–H groups in total. The Hall–Kier alpha value is -2.05. The molecule has 0 saturated heterocycles. The second kappa shape index (κ2) is 4.27. The highest BCUT2D eigenvalue weighted by Gasteiger charge is 2.39. The van der Waals surface area contributed by atoms with Gasteiger partial charge in [-0.1, -0.05) is 67.9 Å². The maximum Gasteiger partial charge on any atom is 0.0409 e. The van der Waals surface area contributed by atoms with E-state index in [-0.39, 0.29) is 5.41 Å². The van der Waals surface area contributed by atoms with Crippen molar-refractivity contribution in [3.63, 3.8) is 0 Å². The fourth-order valence-electron chi connectivity index (χ4n) is 4.58. The fourth-order valence-corrected chi connectivity index (χ4v) is 4.78. The minimum Gasteiger partial charge on any atom is -0.0843 e. The van der Waals surface area contributed by atoms with Gasteiger partial charge >= 0.3 is 0 Å². The third-order valence-electron chi connectivity index (χ3n) is 5.55. The van der Waals surface area contributed by atoms with E-state index in [1.165, 1.54) is 44.5 Å². The Labute approximate surface area is 141 Å². The van der Waals surface area contributed by atoms with Crippen molar-refractivity contribution in [3.8, 4) is 22.3 Å². The van der Waals surface area contributed by atoms with E-state index in [0.29, 0.717) is 0 Å². The molecule has 0 fully saturated rings. The summed E-state index contributed by atoms with van der Waals surface area (Å²) < 4.78 is 0. The first-order valence-electron chi connectivity index (χ1n) is 8.12. The topological polar surface area (TPSA) is 0 Å². The Bertz CT molecular complexity index is 979. The third kappa shape index (κ3) is 1.62. The highest BCUT2D eigenvalue weighted by Crippen LogP contribution is 2.54. The second-order valence-electron chi connectivity index (χ2n) is 7.16. The molecule has 0 spiro atoms. The number of hydrogen-bond acceptors (Lipinski definition) is 0. The van der Waals surface area contributed by atoms with Crippen LogP contribution in [0.2, 0.25) is 5.02 Å². The maximum atomic E-state index is 6.21. The van der Waals surface area contributed by atoms with Crippen molar-refractivity contribution in [2.75, 3.05) is 0 Å². The average molecular weight is 317 g/mol. The Kier molecular flexibility index (Phi) is 2.49. The zero-order valence-corrected chi connectivity index (χ0v) is 14.0. The lowest BCUT2D eigenvalue weighted by Gasteiger charge is -2.24. The third-order valence-corrected chi connectivity index (χ3v) is 5.79. The lowest BCUT2D eigenvalue weighted by Crippen LogP contribution is -2.17. The standard InChI is InChI=1S/C22H17Cl/c1-22(2)20-6-4-3-5-17(20)18-10-9-16-15-8-7-14(23)11-13(15)12-19(16)21(18)22/h3-11H,12H2,1-2H3. The van der Waals surface area contributed by atoms with Gasteiger partial charge in [-0.25, -0.2) is 0 Å². The van der Waals surface area contributed by atoms with Gasteiger partial charge < -0.3 is 0 Å². The number of rotatable bonds is 0. The van der Waals surface area contributed by atoms with Crippen LogP contribution in [0.15, 0.2) is 54.6 Å². The van der Waals surface area contributed by atoms with Crippen LogP contribution in [0.1, 0.15) is 36.1 Å². The van der Waals surface area contributed by atoms with Gasteiger partial charge in [0.15, 0.2) is 0 Å². The lowest BCUT2D eigenvalue weighted by atomic mass is 9.79. The van der Waals surface area contributed by atoms with Gasteiger partial charge in [-0.05, 0) is 63.1 Å². The van der Waals surface area contributed by atoms with Crippen molar-refractivity contribution in [1.82, 2.24) is 0 Å². The van der Waals surface area contributed by atoms with Gasteiger partial charge in [-0.2, -0.15) is 0 Å². The average Bonchev–Trinajstić information content (AvgIpc) is 3.01. The molecule has 0 atom stereocenters. The summed E-state index contributed by atoms with van der Waals surface area (Å²) in [6.45, 7) is 4.71. The summed E-state index contributed by atoms with van der Waals surface area (Å²) in [5.41, 5.74) is 11.4. The normalized spacial score (nSPS) is 15.8. The summed E-state index contributed by atoms with van der Waals surface area (Å²) in [5, 5.41) is 0.829. The van der Waals surface area contributed by atoms with Gasteiger partial charge in [0.25, 0.3) is 0 Å². The zero-order valence-electron chi connectivity index (χ0n) is 13.3. The van der Waals surface area contributed by atoms with Crippen LogP contribution in [0.4, 0.5) is 0 Å². The molecule has 112 valence electrons. The van der Waals surface area contributed by atoms with E-state index in [4.69, 9.17) is 11.6 Å². The summed E-state index contributed by atoms with van der Waals surface area (Å²) in [4.78, 5) is 0. The van der Waals surface area contributed by atoms with E-state index < -0.39 is 0 Å². The molecule has 0 saturated carbocycles. The summed E-state index contributed by atoms with van der Waals surface area (Å²) in [7, 11) is 0. The van der Waals surface area contributed by atoms with E-state index in [2.05, 4.69) is 62.4 Å². The molecular formula is C22H17Cl. The molecule has 0 aliphatic heterocycles. The monoisotopic (exact) mass is 316 g/mol. The zero-order chi connectivity index (χ0) is 15.8. The predicted molar refractivity (Wildman–Crippen MR) is 97.3 cm³/mol. The summed E-state index contributed by atoms with van der Waals surface area (Å²) in [6.07, 6.45) is 0.992. The van der Waals surface area contributed by atoms with Crippen molar-refractivity contribution in [2.45, 2.75) is 25.7 Å². The molecule has 3 aromatic rings. The second-order valence-corrected chi connectivity index (χ2v) is 7.60. The van der Waals surface area contributed by atoms with Crippen LogP contribution in [0.5, 0.6) is 0 Å². The molecule has 0 bridgehead atoms. The highest BCUT2D eigenvalue weighted by molar-refractivity contribution is 6.30. The predicted octanol–water partition coefficient (Wildman–Crippen LogP) is 6.22.